The molecule has 0 amide bonds. The zero-order chi connectivity index (χ0) is 23.6. The van der Waals surface area contributed by atoms with Gasteiger partial charge in [-0.15, -0.1) is 0 Å². The fraction of sp³-hybridized carbons (Fsp3) is 0.333. The van der Waals surface area contributed by atoms with E-state index in [1.54, 1.807) is 19.2 Å². The monoisotopic (exact) mass is 464 g/mol. The lowest BCUT2D eigenvalue weighted by atomic mass is 10.0. The topological polar surface area (TPSA) is 49.9 Å². The third-order valence-electron chi connectivity index (χ3n) is 6.35. The third-order valence-corrected chi connectivity index (χ3v) is 8.15. The van der Waals surface area contributed by atoms with Crippen molar-refractivity contribution in [1.82, 2.24) is 4.90 Å². The summed E-state index contributed by atoms with van der Waals surface area (Å²) in [5.74, 6) is 0.817. The van der Waals surface area contributed by atoms with Crippen molar-refractivity contribution in [3.63, 3.8) is 0 Å². The second-order valence-electron chi connectivity index (χ2n) is 8.96. The number of likely N-dealkylation sites (N-methyl/N-ethyl adjacent to an activating group) is 1. The molecule has 0 unspecified atom stereocenters. The maximum Gasteiger partial charge on any atom is 0.208 e. The van der Waals surface area contributed by atoms with Crippen LogP contribution in [0.5, 0.6) is 5.75 Å². The molecule has 0 atom stereocenters. The Labute approximate surface area is 197 Å². The minimum absolute atomic E-state index is 0.325. The highest BCUT2D eigenvalue weighted by Crippen LogP contribution is 2.34. The van der Waals surface area contributed by atoms with Gasteiger partial charge in [-0.1, -0.05) is 24.3 Å². The third kappa shape index (κ3) is 5.07. The van der Waals surface area contributed by atoms with E-state index in [9.17, 15) is 8.42 Å². The van der Waals surface area contributed by atoms with Gasteiger partial charge in [0.25, 0.3) is 0 Å². The van der Waals surface area contributed by atoms with E-state index in [1.165, 1.54) is 5.56 Å². The average molecular weight is 465 g/mol. The van der Waals surface area contributed by atoms with Gasteiger partial charge >= 0.3 is 0 Å². The summed E-state index contributed by atoms with van der Waals surface area (Å²) in [6, 6.07) is 19.2. The summed E-state index contributed by atoms with van der Waals surface area (Å²) in [6.07, 6.45) is 2.51. The molecule has 5 nitrogen and oxygen atoms in total. The Kier molecular flexibility index (Phi) is 6.77. The molecule has 0 aliphatic carbocycles. The molecule has 33 heavy (non-hydrogen) atoms. The Morgan fingerprint density at radius 2 is 1.58 bits per heavy atom. The highest BCUT2D eigenvalue weighted by molar-refractivity contribution is 7.91. The molecule has 1 aliphatic rings. The lowest BCUT2D eigenvalue weighted by Gasteiger charge is -2.21. The molecule has 1 heterocycles. The Morgan fingerprint density at radius 1 is 0.909 bits per heavy atom. The number of benzene rings is 3. The van der Waals surface area contributed by atoms with Gasteiger partial charge in [-0.25, -0.2) is 8.42 Å². The van der Waals surface area contributed by atoms with E-state index in [4.69, 9.17) is 4.74 Å². The fourth-order valence-corrected chi connectivity index (χ4v) is 5.91. The predicted molar refractivity (Wildman–Crippen MR) is 133 cm³/mol. The van der Waals surface area contributed by atoms with E-state index in [2.05, 4.69) is 18.0 Å². The lowest BCUT2D eigenvalue weighted by Crippen LogP contribution is -2.20. The standard InChI is InChI=1S/C27H32N2O3S/c1-28(2)26-18-22-12-14-29(3)15-13-23(22)19-27(26)33(30,31)25-10-8-20(9-11-25)16-21-6-5-7-24(17-21)32-4/h5-11,17-19H,12-16H2,1-4H3. The van der Waals surface area contributed by atoms with Gasteiger partial charge in [0.2, 0.25) is 9.84 Å². The smallest absolute Gasteiger partial charge is 0.208 e. The van der Waals surface area contributed by atoms with E-state index < -0.39 is 9.84 Å². The van der Waals surface area contributed by atoms with Crippen LogP contribution < -0.4 is 9.64 Å². The van der Waals surface area contributed by atoms with Crippen molar-refractivity contribution in [1.29, 1.82) is 0 Å². The second-order valence-corrected chi connectivity index (χ2v) is 10.9. The van der Waals surface area contributed by atoms with Crippen LogP contribution in [0.3, 0.4) is 0 Å². The summed E-state index contributed by atoms with van der Waals surface area (Å²) in [4.78, 5) is 4.91. The van der Waals surface area contributed by atoms with Gasteiger partial charge in [0.1, 0.15) is 5.75 Å². The molecule has 3 aromatic carbocycles. The van der Waals surface area contributed by atoms with Crippen molar-refractivity contribution >= 4 is 15.5 Å². The molecule has 0 saturated heterocycles. The average Bonchev–Trinajstić information content (AvgIpc) is 2.99. The molecule has 6 heteroatoms. The van der Waals surface area contributed by atoms with Crippen LogP contribution in [-0.2, 0) is 29.1 Å². The van der Waals surface area contributed by atoms with Gasteiger partial charge < -0.3 is 14.5 Å². The van der Waals surface area contributed by atoms with Crippen LogP contribution in [0.4, 0.5) is 5.69 Å². The van der Waals surface area contributed by atoms with Crippen LogP contribution in [0.25, 0.3) is 0 Å². The molecule has 0 fully saturated rings. The van der Waals surface area contributed by atoms with E-state index in [0.29, 0.717) is 16.2 Å². The minimum atomic E-state index is -3.65. The van der Waals surface area contributed by atoms with E-state index >= 15 is 0 Å². The molecule has 0 N–H and O–H groups in total. The normalized spacial score (nSPS) is 14.4. The van der Waals surface area contributed by atoms with E-state index in [0.717, 1.165) is 54.1 Å². The number of sulfone groups is 1. The Morgan fingerprint density at radius 3 is 2.21 bits per heavy atom. The first-order chi connectivity index (χ1) is 15.8. The highest BCUT2D eigenvalue weighted by Gasteiger charge is 2.25. The minimum Gasteiger partial charge on any atom is -0.497 e. The number of methoxy groups -OCH3 is 1. The first kappa shape index (κ1) is 23.3. The SMILES string of the molecule is COc1cccc(Cc2ccc(S(=O)(=O)c3cc4c(cc3N(C)C)CCN(C)CC4)cc2)c1. The quantitative estimate of drug-likeness (QED) is 0.547. The molecule has 0 spiro atoms. The van der Waals surface area contributed by atoms with Crippen LogP contribution in [0.15, 0.2) is 70.5 Å². The summed E-state index contributed by atoms with van der Waals surface area (Å²) in [5, 5.41) is 0. The van der Waals surface area contributed by atoms with Crippen molar-refractivity contribution in [3.05, 3.63) is 82.9 Å². The number of fused-ring (bicyclic) bond motifs is 1. The molecular formula is C27H32N2O3S. The van der Waals surface area contributed by atoms with Crippen molar-refractivity contribution < 1.29 is 13.2 Å². The molecule has 1 aliphatic heterocycles. The number of anilines is 1. The van der Waals surface area contributed by atoms with Gasteiger partial charge in [-0.05, 0) is 85.0 Å². The van der Waals surface area contributed by atoms with Crippen LogP contribution in [0.2, 0.25) is 0 Å². The zero-order valence-corrected chi connectivity index (χ0v) is 20.7. The lowest BCUT2D eigenvalue weighted by molar-refractivity contribution is 0.352. The van der Waals surface area contributed by atoms with Gasteiger partial charge in [0, 0.05) is 27.2 Å². The number of rotatable bonds is 6. The van der Waals surface area contributed by atoms with E-state index in [1.807, 2.05) is 61.5 Å². The summed E-state index contributed by atoms with van der Waals surface area (Å²) < 4.78 is 32.7. The van der Waals surface area contributed by atoms with Crippen LogP contribution in [0.1, 0.15) is 22.3 Å². The maximum atomic E-state index is 13.7. The van der Waals surface area contributed by atoms with Crippen LogP contribution in [0, 0.1) is 0 Å². The zero-order valence-electron chi connectivity index (χ0n) is 19.8. The highest BCUT2D eigenvalue weighted by atomic mass is 32.2. The molecule has 0 bridgehead atoms. The summed E-state index contributed by atoms with van der Waals surface area (Å²) >= 11 is 0. The van der Waals surface area contributed by atoms with Gasteiger partial charge in [-0.2, -0.15) is 0 Å². The summed E-state index contributed by atoms with van der Waals surface area (Å²) in [7, 11) is 3.93. The molecular weight excluding hydrogens is 432 g/mol. The Bertz CT molecular complexity index is 1230. The predicted octanol–water partition coefficient (Wildman–Crippen LogP) is 4.22. The van der Waals surface area contributed by atoms with Crippen molar-refractivity contribution in [2.75, 3.05) is 46.2 Å². The Hall–Kier alpha value is -2.83. The first-order valence-corrected chi connectivity index (χ1v) is 12.7. The van der Waals surface area contributed by atoms with Crippen LogP contribution in [-0.4, -0.2) is 54.7 Å². The number of nitrogens with zero attached hydrogens (tertiary/aromatic N) is 2. The van der Waals surface area contributed by atoms with Gasteiger partial charge in [0.05, 0.1) is 22.6 Å². The van der Waals surface area contributed by atoms with Crippen LogP contribution >= 0.6 is 0 Å². The number of ether oxygens (including phenoxy) is 1. The largest absolute Gasteiger partial charge is 0.497 e. The molecule has 174 valence electrons. The van der Waals surface area contributed by atoms with Crippen molar-refractivity contribution in [3.8, 4) is 5.75 Å². The molecule has 3 aromatic rings. The molecule has 4 rings (SSSR count). The number of hydrogen-bond donors (Lipinski definition) is 0. The molecule has 0 aromatic heterocycles. The van der Waals surface area contributed by atoms with Crippen molar-refractivity contribution in [2.24, 2.45) is 0 Å². The first-order valence-electron chi connectivity index (χ1n) is 11.3. The number of hydrogen-bond acceptors (Lipinski definition) is 5. The summed E-state index contributed by atoms with van der Waals surface area (Å²) in [6.45, 7) is 1.92. The van der Waals surface area contributed by atoms with Crippen molar-refractivity contribution in [2.45, 2.75) is 29.1 Å². The maximum absolute atomic E-state index is 13.7. The molecule has 0 saturated carbocycles. The van der Waals surface area contributed by atoms with E-state index in [-0.39, 0.29) is 0 Å². The second kappa shape index (κ2) is 9.57. The molecule has 0 radical (unpaired) electrons. The summed E-state index contributed by atoms with van der Waals surface area (Å²) in [5.41, 5.74) is 5.31. The van der Waals surface area contributed by atoms with Gasteiger partial charge in [-0.3, -0.25) is 0 Å². The van der Waals surface area contributed by atoms with Gasteiger partial charge in [0.15, 0.2) is 0 Å². The Balaban J connectivity index is 1.66. The fourth-order valence-electron chi connectivity index (χ4n) is 4.35.